The highest BCUT2D eigenvalue weighted by molar-refractivity contribution is 6.01. The van der Waals surface area contributed by atoms with Crippen molar-refractivity contribution < 1.29 is 31.5 Å². The van der Waals surface area contributed by atoms with Crippen LogP contribution >= 0.6 is 0 Å². The van der Waals surface area contributed by atoms with Gasteiger partial charge in [0.05, 0.1) is 31.5 Å². The van der Waals surface area contributed by atoms with Crippen molar-refractivity contribution in [2.75, 3.05) is 0 Å². The minimum atomic E-state index is -1.67. The summed E-state index contributed by atoms with van der Waals surface area (Å²) < 4.78 is 208. The zero-order chi connectivity index (χ0) is 53.0. The van der Waals surface area contributed by atoms with Crippen molar-refractivity contribution in [3.63, 3.8) is 0 Å². The Kier molecular flexibility index (Phi) is 3.27. The number of hydrogen-bond donors (Lipinski definition) is 0. The van der Waals surface area contributed by atoms with Crippen molar-refractivity contribution in [2.24, 2.45) is 5.92 Å². The van der Waals surface area contributed by atoms with E-state index in [4.69, 9.17) is 19.2 Å². The molecule has 8 aromatic carbocycles. The Morgan fingerprint density at radius 1 is 0.460 bits per heavy atom. The summed E-state index contributed by atoms with van der Waals surface area (Å²) >= 11 is 0. The van der Waals surface area contributed by atoms with Gasteiger partial charge in [-0.3, -0.25) is 0 Å². The molecule has 0 spiro atoms. The maximum Gasteiger partial charge on any atom is 0.0636 e. The Balaban J connectivity index is 1.36. The SMILES string of the molecule is [2H]C1=C([2H])C2=C(c3cccc4ccccc34)c3c([2H])c(-c4c([2H])c([2H])c5c([2H])c([2H])c([2H])c([2H])c5c4[2H])c([2H])c([2H])c3C(c3c([2H])cc(-c4c([2H])c([2H])c5c([2H])c([2H])c([2H])c([2H])c5c4[2H])cc3[2H])C2C([2H])=C1[2H]. The van der Waals surface area contributed by atoms with Crippen molar-refractivity contribution in [3.05, 3.63) is 221 Å². The third-order valence-electron chi connectivity index (χ3n) is 8.98. The first-order valence-corrected chi connectivity index (χ1v) is 15.7. The quantitative estimate of drug-likeness (QED) is 0.177. The van der Waals surface area contributed by atoms with E-state index in [9.17, 15) is 12.3 Å². The maximum atomic E-state index is 10.2. The van der Waals surface area contributed by atoms with Gasteiger partial charge in [-0.1, -0.05) is 175 Å². The fraction of sp³-hybridized carbons (Fsp3) is 0.0400. The number of allylic oxidation sites excluding steroid dienone is 5. The molecule has 2 aliphatic carbocycles. The molecule has 234 valence electrons. The van der Waals surface area contributed by atoms with Crippen LogP contribution in [0.25, 0.3) is 60.1 Å². The first-order valence-electron chi connectivity index (χ1n) is 27.2. The zero-order valence-electron chi connectivity index (χ0n) is 48.9. The van der Waals surface area contributed by atoms with Crippen LogP contribution in [0.4, 0.5) is 0 Å². The van der Waals surface area contributed by atoms with E-state index >= 15 is 0 Å². The van der Waals surface area contributed by atoms with Gasteiger partial charge in [-0.05, 0) is 106 Å². The molecule has 0 heteroatoms. The molecule has 0 aliphatic heterocycles. The van der Waals surface area contributed by atoms with Gasteiger partial charge in [0, 0.05) is 11.8 Å². The van der Waals surface area contributed by atoms with E-state index in [2.05, 4.69) is 0 Å². The molecule has 0 N–H and O–H groups in total. The Bertz CT molecular complexity index is 3990. The van der Waals surface area contributed by atoms with E-state index in [1.54, 1.807) is 42.5 Å². The predicted molar refractivity (Wildman–Crippen MR) is 212 cm³/mol. The monoisotopic (exact) mass is 657 g/mol. The van der Waals surface area contributed by atoms with Crippen molar-refractivity contribution in [1.82, 2.24) is 0 Å². The van der Waals surface area contributed by atoms with Crippen molar-refractivity contribution in [1.29, 1.82) is 0 Å². The van der Waals surface area contributed by atoms with Gasteiger partial charge in [0.1, 0.15) is 0 Å². The van der Waals surface area contributed by atoms with Crippen molar-refractivity contribution in [3.8, 4) is 22.3 Å². The Labute approximate surface area is 325 Å². The molecule has 2 unspecified atom stereocenters. The highest BCUT2D eigenvalue weighted by atomic mass is 14.4. The van der Waals surface area contributed by atoms with Crippen LogP contribution in [0.2, 0.25) is 0 Å². The summed E-state index contributed by atoms with van der Waals surface area (Å²) in [4.78, 5) is 0. The van der Waals surface area contributed by atoms with Gasteiger partial charge in [0.2, 0.25) is 0 Å². The number of hydrogen-bond acceptors (Lipinski definition) is 0. The average Bonchev–Trinajstić information content (AvgIpc) is 3.36. The molecule has 2 aliphatic rings. The summed E-state index contributed by atoms with van der Waals surface area (Å²) in [6, 6.07) is -1.44. The lowest BCUT2D eigenvalue weighted by atomic mass is 9.66. The molecule has 8 aromatic rings. The van der Waals surface area contributed by atoms with Gasteiger partial charge in [-0.2, -0.15) is 0 Å². The third kappa shape index (κ3) is 4.76. The van der Waals surface area contributed by atoms with Gasteiger partial charge < -0.3 is 0 Å². The molecule has 0 nitrogen and oxygen atoms in total. The Morgan fingerprint density at radius 3 is 1.86 bits per heavy atom. The molecule has 0 bridgehead atoms. The fourth-order valence-corrected chi connectivity index (χ4v) is 6.69. The van der Waals surface area contributed by atoms with Crippen LogP contribution in [0, 0.1) is 5.92 Å². The van der Waals surface area contributed by atoms with E-state index in [1.807, 2.05) is 0 Å². The molecule has 10 rings (SSSR count). The van der Waals surface area contributed by atoms with Gasteiger partial charge in [0.15, 0.2) is 0 Å². The van der Waals surface area contributed by atoms with Crippen LogP contribution in [0.3, 0.4) is 0 Å². The van der Waals surface area contributed by atoms with Crippen LogP contribution in [0.1, 0.15) is 59.7 Å². The highest BCUT2D eigenvalue weighted by Crippen LogP contribution is 2.52. The molecule has 0 saturated carbocycles. The average molecular weight is 658 g/mol. The molecule has 50 heavy (non-hydrogen) atoms. The summed E-state index contributed by atoms with van der Waals surface area (Å²) in [5.74, 6) is -3.25. The van der Waals surface area contributed by atoms with E-state index in [1.165, 1.54) is 0 Å². The predicted octanol–water partition coefficient (Wildman–Crippen LogP) is 13.2. The smallest absolute Gasteiger partial charge is 0.0636 e. The van der Waals surface area contributed by atoms with Crippen LogP contribution < -0.4 is 0 Å². The molecule has 0 amide bonds. The zero-order valence-corrected chi connectivity index (χ0v) is 25.9. The summed E-state index contributed by atoms with van der Waals surface area (Å²) in [5.41, 5.74) is -2.42. The first-order chi connectivity index (χ1) is 34.4. The highest BCUT2D eigenvalue weighted by Gasteiger charge is 2.36. The lowest BCUT2D eigenvalue weighted by molar-refractivity contribution is 0.649. The molecule has 0 fully saturated rings. The second-order valence-electron chi connectivity index (χ2n) is 11.8. The van der Waals surface area contributed by atoms with Gasteiger partial charge in [0.25, 0.3) is 0 Å². The van der Waals surface area contributed by atoms with Crippen LogP contribution in [0.15, 0.2) is 199 Å². The molecule has 2 atom stereocenters. The molecule has 0 heterocycles. The molecule has 0 radical (unpaired) electrons. The lowest BCUT2D eigenvalue weighted by Gasteiger charge is -2.37. The largest absolute Gasteiger partial charge is 0.0760 e. The van der Waals surface area contributed by atoms with Gasteiger partial charge >= 0.3 is 0 Å². The topological polar surface area (TPSA) is 0 Å². The minimum Gasteiger partial charge on any atom is -0.0760 e. The third-order valence-corrected chi connectivity index (χ3v) is 8.98. The summed E-state index contributed by atoms with van der Waals surface area (Å²) in [5, 5.41) is -0.549. The van der Waals surface area contributed by atoms with E-state index in [0.29, 0.717) is 10.8 Å². The molecular weight excluding hydrogens is 601 g/mol. The summed E-state index contributed by atoms with van der Waals surface area (Å²) in [7, 11) is 0. The number of rotatable bonds is 4. The second kappa shape index (κ2) is 11.7. The standard InChI is InChI=1S/C50H34/c1-3-13-38-30-40(26-22-33(38)10-1)35-20-24-37(25-21-35)49-45-17-7-8-18-46(45)50(44-19-9-15-36-12-5-6-16-43(36)44)48-32-42(28-29-47(48)49)41-27-23-34-11-2-4-14-39(34)31-41/h1-32,45,49H/i1D,2D,3D,4D,7D,8D,10D,11D,13D,14D,17D,18D,22D,23D,24D,25D,26D,27D,28D,29D,30D,31D,32D. The van der Waals surface area contributed by atoms with Crippen molar-refractivity contribution >= 4 is 37.9 Å². The number of benzene rings is 8. The minimum absolute atomic E-state index is 0.0252. The molecule has 0 aromatic heterocycles. The maximum absolute atomic E-state index is 10.2. The number of fused-ring (bicyclic) bond motifs is 5. The van der Waals surface area contributed by atoms with E-state index in [-0.39, 0.29) is 55.3 Å². The Morgan fingerprint density at radius 2 is 1.10 bits per heavy atom. The second-order valence-corrected chi connectivity index (χ2v) is 11.8. The van der Waals surface area contributed by atoms with Crippen LogP contribution in [-0.2, 0) is 0 Å². The first kappa shape index (κ1) is 13.9. The normalized spacial score (nSPS) is 23.8. The van der Waals surface area contributed by atoms with E-state index < -0.39 is 173 Å². The molecular formula is C50H34. The van der Waals surface area contributed by atoms with Gasteiger partial charge in [-0.15, -0.1) is 0 Å². The van der Waals surface area contributed by atoms with Crippen LogP contribution in [-0.4, -0.2) is 0 Å². The molecule has 0 saturated heterocycles. The van der Waals surface area contributed by atoms with Gasteiger partial charge in [-0.25, -0.2) is 0 Å². The summed E-state index contributed by atoms with van der Waals surface area (Å²) in [6.07, 6.45) is 0. The van der Waals surface area contributed by atoms with Crippen molar-refractivity contribution in [2.45, 2.75) is 5.92 Å². The van der Waals surface area contributed by atoms with E-state index in [0.717, 1.165) is 12.1 Å². The fourth-order valence-electron chi connectivity index (χ4n) is 6.69. The van der Waals surface area contributed by atoms with Crippen LogP contribution in [0.5, 0.6) is 0 Å². The Hall–Kier alpha value is -6.24. The lowest BCUT2D eigenvalue weighted by Crippen LogP contribution is -2.23. The summed E-state index contributed by atoms with van der Waals surface area (Å²) in [6.45, 7) is 0.